The fourth-order valence-corrected chi connectivity index (χ4v) is 3.34. The van der Waals surface area contributed by atoms with Gasteiger partial charge in [0, 0.05) is 29.3 Å². The quantitative estimate of drug-likeness (QED) is 0.462. The highest BCUT2D eigenvalue weighted by Crippen LogP contribution is 2.20. The highest BCUT2D eigenvalue weighted by molar-refractivity contribution is 5.92. The lowest BCUT2D eigenvalue weighted by atomic mass is 10.1. The van der Waals surface area contributed by atoms with Crippen LogP contribution >= 0.6 is 0 Å². The van der Waals surface area contributed by atoms with E-state index >= 15 is 0 Å². The molecule has 2 aromatic heterocycles. The molecule has 2 heterocycles. The van der Waals surface area contributed by atoms with Crippen LogP contribution in [0.2, 0.25) is 0 Å². The third-order valence-electron chi connectivity index (χ3n) is 4.88. The van der Waals surface area contributed by atoms with E-state index in [1.807, 2.05) is 43.5 Å². The summed E-state index contributed by atoms with van der Waals surface area (Å²) in [5.41, 5.74) is 5.90. The van der Waals surface area contributed by atoms with E-state index in [1.165, 1.54) is 22.7 Å². The number of amides is 1. The molecule has 0 fully saturated rings. The number of para-hydroxylation sites is 1. The Morgan fingerprint density at radius 2 is 1.93 bits per heavy atom. The van der Waals surface area contributed by atoms with E-state index in [0.717, 1.165) is 23.2 Å². The number of anilines is 2. The van der Waals surface area contributed by atoms with Gasteiger partial charge in [-0.25, -0.2) is 9.97 Å². The monoisotopic (exact) mass is 385 g/mol. The first-order chi connectivity index (χ1) is 14.1. The largest absolute Gasteiger partial charge is 0.361 e. The van der Waals surface area contributed by atoms with Crippen LogP contribution in [0.1, 0.15) is 27.2 Å². The summed E-state index contributed by atoms with van der Waals surface area (Å²) in [5.74, 6) is 0.378. The molecule has 0 aliphatic carbocycles. The molecule has 0 aliphatic rings. The second-order valence-corrected chi connectivity index (χ2v) is 7.10. The zero-order valence-electron chi connectivity index (χ0n) is 16.5. The van der Waals surface area contributed by atoms with Crippen LogP contribution in [-0.4, -0.2) is 27.4 Å². The molecular weight excluding hydrogens is 362 g/mol. The minimum Gasteiger partial charge on any atom is -0.361 e. The van der Waals surface area contributed by atoms with Gasteiger partial charge in [-0.15, -0.1) is 0 Å². The van der Waals surface area contributed by atoms with E-state index in [0.29, 0.717) is 18.1 Å². The normalized spacial score (nSPS) is 10.8. The van der Waals surface area contributed by atoms with Crippen molar-refractivity contribution in [2.24, 2.45) is 0 Å². The Kier molecular flexibility index (Phi) is 5.24. The Hall–Kier alpha value is -3.67. The summed E-state index contributed by atoms with van der Waals surface area (Å²) in [6, 6.07) is 14.3. The predicted molar refractivity (Wildman–Crippen MR) is 116 cm³/mol. The molecule has 3 N–H and O–H groups in total. The number of carbonyl (C=O) groups excluding carboxylic acids is 1. The third kappa shape index (κ3) is 4.27. The molecule has 1 amide bonds. The second kappa shape index (κ2) is 8.14. The maximum Gasteiger partial charge on any atom is 0.271 e. The molecule has 0 radical (unpaired) electrons. The van der Waals surface area contributed by atoms with E-state index in [1.54, 1.807) is 6.20 Å². The van der Waals surface area contributed by atoms with Crippen molar-refractivity contribution in [1.82, 2.24) is 20.3 Å². The van der Waals surface area contributed by atoms with Crippen molar-refractivity contribution in [1.29, 1.82) is 0 Å². The van der Waals surface area contributed by atoms with Gasteiger partial charge >= 0.3 is 0 Å². The summed E-state index contributed by atoms with van der Waals surface area (Å²) in [7, 11) is 0. The number of nitrogens with zero attached hydrogens (tertiary/aromatic N) is 2. The maximum absolute atomic E-state index is 12.4. The van der Waals surface area contributed by atoms with Crippen molar-refractivity contribution in [3.05, 3.63) is 83.4 Å². The summed E-state index contributed by atoms with van der Waals surface area (Å²) in [6.07, 6.45) is 5.81. The number of aromatic nitrogens is 3. The predicted octanol–water partition coefficient (Wildman–Crippen LogP) is 4.29. The fourth-order valence-electron chi connectivity index (χ4n) is 3.34. The van der Waals surface area contributed by atoms with Crippen molar-refractivity contribution in [3.8, 4) is 0 Å². The number of aromatic amines is 1. The number of aryl methyl sites for hydroxylation is 2. The molecule has 4 aromatic rings. The molecule has 0 atom stereocenters. The number of hydrogen-bond donors (Lipinski definition) is 3. The summed E-state index contributed by atoms with van der Waals surface area (Å²) in [4.78, 5) is 24.2. The zero-order chi connectivity index (χ0) is 20.2. The van der Waals surface area contributed by atoms with Crippen molar-refractivity contribution < 1.29 is 4.79 Å². The molecule has 4 rings (SSSR count). The van der Waals surface area contributed by atoms with Gasteiger partial charge < -0.3 is 15.6 Å². The Morgan fingerprint density at radius 1 is 1.07 bits per heavy atom. The van der Waals surface area contributed by atoms with Crippen LogP contribution in [-0.2, 0) is 6.42 Å². The molecule has 2 aromatic carbocycles. The minimum atomic E-state index is -0.226. The van der Waals surface area contributed by atoms with Crippen molar-refractivity contribution in [2.75, 3.05) is 11.9 Å². The zero-order valence-corrected chi connectivity index (χ0v) is 16.5. The smallest absolute Gasteiger partial charge is 0.271 e. The van der Waals surface area contributed by atoms with Crippen LogP contribution in [0, 0.1) is 13.8 Å². The van der Waals surface area contributed by atoms with Crippen LogP contribution in [0.4, 0.5) is 11.5 Å². The lowest BCUT2D eigenvalue weighted by Gasteiger charge is -2.10. The molecule has 146 valence electrons. The Labute approximate surface area is 169 Å². The van der Waals surface area contributed by atoms with E-state index in [4.69, 9.17) is 0 Å². The van der Waals surface area contributed by atoms with Gasteiger partial charge in [0.1, 0.15) is 11.5 Å². The molecule has 0 aliphatic heterocycles. The maximum atomic E-state index is 12.4. The first-order valence-corrected chi connectivity index (χ1v) is 9.59. The van der Waals surface area contributed by atoms with E-state index in [-0.39, 0.29) is 5.91 Å². The van der Waals surface area contributed by atoms with Gasteiger partial charge in [-0.2, -0.15) is 0 Å². The molecular formula is C23H23N5O. The van der Waals surface area contributed by atoms with Gasteiger partial charge in [0.2, 0.25) is 0 Å². The molecule has 6 nitrogen and oxygen atoms in total. The summed E-state index contributed by atoms with van der Waals surface area (Å²) in [5, 5.41) is 7.33. The first kappa shape index (κ1) is 18.7. The van der Waals surface area contributed by atoms with E-state index < -0.39 is 0 Å². The average molecular weight is 385 g/mol. The summed E-state index contributed by atoms with van der Waals surface area (Å²) >= 11 is 0. The Balaban J connectivity index is 1.34. The van der Waals surface area contributed by atoms with Gasteiger partial charge in [-0.1, -0.05) is 35.9 Å². The summed E-state index contributed by atoms with van der Waals surface area (Å²) < 4.78 is 0. The molecule has 29 heavy (non-hydrogen) atoms. The number of hydrogen-bond acceptors (Lipinski definition) is 4. The van der Waals surface area contributed by atoms with Gasteiger partial charge in [0.25, 0.3) is 5.91 Å². The van der Waals surface area contributed by atoms with Gasteiger partial charge in [0.05, 0.1) is 12.4 Å². The number of benzene rings is 2. The molecule has 6 heteroatoms. The van der Waals surface area contributed by atoms with Gasteiger partial charge in [-0.05, 0) is 43.5 Å². The number of H-pyrrole nitrogens is 1. The Bertz CT molecular complexity index is 1150. The van der Waals surface area contributed by atoms with Crippen LogP contribution in [0.25, 0.3) is 10.9 Å². The molecule has 0 bridgehead atoms. The van der Waals surface area contributed by atoms with Crippen molar-refractivity contribution >= 4 is 28.3 Å². The topological polar surface area (TPSA) is 82.7 Å². The van der Waals surface area contributed by atoms with E-state index in [2.05, 4.69) is 44.6 Å². The summed E-state index contributed by atoms with van der Waals surface area (Å²) in [6.45, 7) is 4.63. The molecule has 0 saturated heterocycles. The molecule has 0 unspecified atom stereocenters. The molecule has 0 saturated carbocycles. The number of carbonyl (C=O) groups is 1. The van der Waals surface area contributed by atoms with Gasteiger partial charge in [0.15, 0.2) is 0 Å². The van der Waals surface area contributed by atoms with Crippen molar-refractivity contribution in [3.63, 3.8) is 0 Å². The highest BCUT2D eigenvalue weighted by Gasteiger charge is 2.09. The van der Waals surface area contributed by atoms with Crippen LogP contribution in [0.5, 0.6) is 0 Å². The van der Waals surface area contributed by atoms with Crippen LogP contribution < -0.4 is 10.6 Å². The Morgan fingerprint density at radius 3 is 2.72 bits per heavy atom. The number of rotatable bonds is 6. The van der Waals surface area contributed by atoms with E-state index in [9.17, 15) is 4.79 Å². The number of fused-ring (bicyclic) bond motifs is 1. The minimum absolute atomic E-state index is 0.226. The fraction of sp³-hybridized carbons (Fsp3) is 0.174. The lowest BCUT2D eigenvalue weighted by molar-refractivity contribution is 0.0949. The first-order valence-electron chi connectivity index (χ1n) is 9.59. The van der Waals surface area contributed by atoms with Gasteiger partial charge in [-0.3, -0.25) is 4.79 Å². The molecule has 0 spiro atoms. The second-order valence-electron chi connectivity index (χ2n) is 7.10. The highest BCUT2D eigenvalue weighted by atomic mass is 16.1. The standard InChI is InChI=1S/C23H23N5O/c1-15-7-8-19(16(2)11-15)28-22-14-26-21(13-27-22)23(29)24-10-9-17-12-25-20-6-4-3-5-18(17)20/h3-8,11-14,25H,9-10H2,1-2H3,(H,24,29)(H,27,28). The van der Waals surface area contributed by atoms with Crippen molar-refractivity contribution in [2.45, 2.75) is 20.3 Å². The number of nitrogens with one attached hydrogen (secondary N) is 3. The lowest BCUT2D eigenvalue weighted by Crippen LogP contribution is -2.26. The average Bonchev–Trinajstić information content (AvgIpc) is 3.14. The SMILES string of the molecule is Cc1ccc(Nc2cnc(C(=O)NCCc3c[nH]c4ccccc34)cn2)c(C)c1. The van der Waals surface area contributed by atoms with Crippen LogP contribution in [0.15, 0.2) is 61.1 Å². The third-order valence-corrected chi connectivity index (χ3v) is 4.88. The van der Waals surface area contributed by atoms with Crippen LogP contribution in [0.3, 0.4) is 0 Å².